The van der Waals surface area contributed by atoms with E-state index in [1.165, 1.54) is 4.90 Å². The molecule has 2 N–H and O–H groups in total. The van der Waals surface area contributed by atoms with E-state index in [-0.39, 0.29) is 17.0 Å². The number of amides is 2. The summed E-state index contributed by atoms with van der Waals surface area (Å²) in [4.78, 5) is 25.6. The maximum Gasteiger partial charge on any atom is 0.329 e. The molecule has 0 aromatic carbocycles. The van der Waals surface area contributed by atoms with Crippen molar-refractivity contribution in [2.75, 3.05) is 6.54 Å². The van der Waals surface area contributed by atoms with Gasteiger partial charge in [-0.15, -0.1) is 0 Å². The van der Waals surface area contributed by atoms with Crippen LogP contribution in [0.1, 0.15) is 67.2 Å². The standard InChI is InChI=1S/C16H30N2O3/c1-14(2,3)11-15(4,5)17-13(21)18-10-8-7-9-16(18,6)12(19)20/h7-11H2,1-6H3,(H,17,21)(H,19,20). The number of hydrogen-bond acceptors (Lipinski definition) is 2. The van der Waals surface area contributed by atoms with E-state index in [2.05, 4.69) is 26.1 Å². The van der Waals surface area contributed by atoms with Crippen molar-refractivity contribution in [3.8, 4) is 0 Å². The van der Waals surface area contributed by atoms with E-state index in [0.29, 0.717) is 13.0 Å². The van der Waals surface area contributed by atoms with Crippen LogP contribution in [0.4, 0.5) is 4.79 Å². The summed E-state index contributed by atoms with van der Waals surface area (Å²) in [7, 11) is 0. The molecule has 1 atom stereocenters. The van der Waals surface area contributed by atoms with Gasteiger partial charge in [-0.25, -0.2) is 9.59 Å². The third-order valence-corrected chi connectivity index (χ3v) is 4.01. The molecule has 1 aliphatic rings. The minimum absolute atomic E-state index is 0.0920. The van der Waals surface area contributed by atoms with Crippen molar-refractivity contribution in [2.24, 2.45) is 5.41 Å². The predicted molar refractivity (Wildman–Crippen MR) is 83.3 cm³/mol. The highest BCUT2D eigenvalue weighted by molar-refractivity contribution is 5.86. The Hall–Kier alpha value is -1.26. The zero-order chi connectivity index (χ0) is 16.5. The van der Waals surface area contributed by atoms with E-state index in [0.717, 1.165) is 19.3 Å². The molecule has 1 rings (SSSR count). The van der Waals surface area contributed by atoms with Gasteiger partial charge in [0.1, 0.15) is 5.54 Å². The molecule has 0 aliphatic carbocycles. The Morgan fingerprint density at radius 1 is 1.19 bits per heavy atom. The van der Waals surface area contributed by atoms with Crippen LogP contribution in [0.2, 0.25) is 0 Å². The maximum atomic E-state index is 12.6. The SMILES string of the molecule is CC(C)(C)CC(C)(C)NC(=O)N1CCCCC1(C)C(=O)O. The van der Waals surface area contributed by atoms with Crippen molar-refractivity contribution in [3.05, 3.63) is 0 Å². The molecule has 0 aromatic heterocycles. The van der Waals surface area contributed by atoms with Crippen molar-refractivity contribution >= 4 is 12.0 Å². The van der Waals surface area contributed by atoms with Gasteiger partial charge in [0.05, 0.1) is 0 Å². The average Bonchev–Trinajstić information content (AvgIpc) is 2.24. The largest absolute Gasteiger partial charge is 0.480 e. The number of urea groups is 1. The van der Waals surface area contributed by atoms with Gasteiger partial charge in [0.15, 0.2) is 0 Å². The highest BCUT2D eigenvalue weighted by atomic mass is 16.4. The van der Waals surface area contributed by atoms with Crippen LogP contribution in [-0.2, 0) is 4.79 Å². The number of carboxylic acids is 1. The van der Waals surface area contributed by atoms with E-state index in [4.69, 9.17) is 0 Å². The van der Waals surface area contributed by atoms with Gasteiger partial charge in [-0.1, -0.05) is 20.8 Å². The molecule has 1 heterocycles. The third-order valence-electron chi connectivity index (χ3n) is 4.01. The number of nitrogens with zero attached hydrogens (tertiary/aromatic N) is 1. The second-order valence-electron chi connectivity index (χ2n) is 8.24. The minimum atomic E-state index is -1.10. The molecule has 5 heteroatoms. The Labute approximate surface area is 128 Å². The van der Waals surface area contributed by atoms with Crippen molar-refractivity contribution < 1.29 is 14.7 Å². The Bertz CT molecular complexity index is 412. The molecule has 0 aromatic rings. The first-order valence-corrected chi connectivity index (χ1v) is 7.71. The molecule has 1 fully saturated rings. The van der Waals surface area contributed by atoms with Gasteiger partial charge >= 0.3 is 12.0 Å². The smallest absolute Gasteiger partial charge is 0.329 e. The fraction of sp³-hybridized carbons (Fsp3) is 0.875. The predicted octanol–water partition coefficient (Wildman–Crippen LogP) is 3.24. The zero-order valence-electron chi connectivity index (χ0n) is 14.2. The second kappa shape index (κ2) is 5.85. The van der Waals surface area contributed by atoms with E-state index < -0.39 is 11.5 Å². The molecule has 0 saturated carbocycles. The van der Waals surface area contributed by atoms with E-state index in [1.807, 2.05) is 13.8 Å². The van der Waals surface area contributed by atoms with Gasteiger partial charge in [0, 0.05) is 12.1 Å². The van der Waals surface area contributed by atoms with Gasteiger partial charge in [-0.2, -0.15) is 0 Å². The van der Waals surface area contributed by atoms with Gasteiger partial charge in [-0.3, -0.25) is 0 Å². The summed E-state index contributed by atoms with van der Waals surface area (Å²) in [6.07, 6.45) is 3.03. The maximum absolute atomic E-state index is 12.6. The first kappa shape index (κ1) is 17.8. The number of aliphatic carboxylic acids is 1. The highest BCUT2D eigenvalue weighted by Crippen LogP contribution is 2.30. The highest BCUT2D eigenvalue weighted by Gasteiger charge is 2.45. The summed E-state index contributed by atoms with van der Waals surface area (Å²) >= 11 is 0. The van der Waals surface area contributed by atoms with Gasteiger partial charge in [-0.05, 0) is 51.9 Å². The number of likely N-dealkylation sites (tertiary alicyclic amines) is 1. The van der Waals surface area contributed by atoms with Crippen LogP contribution in [0.25, 0.3) is 0 Å². The fourth-order valence-electron chi connectivity index (χ4n) is 3.40. The number of carbonyl (C=O) groups is 2. The number of rotatable bonds is 3. The van der Waals surface area contributed by atoms with Crippen LogP contribution in [0.15, 0.2) is 0 Å². The van der Waals surface area contributed by atoms with Gasteiger partial charge in [0.25, 0.3) is 0 Å². The lowest BCUT2D eigenvalue weighted by atomic mass is 9.81. The summed E-state index contributed by atoms with van der Waals surface area (Å²) < 4.78 is 0. The molecule has 2 amide bonds. The van der Waals surface area contributed by atoms with Crippen LogP contribution in [0.3, 0.4) is 0 Å². The molecule has 1 unspecified atom stereocenters. The van der Waals surface area contributed by atoms with Gasteiger partial charge < -0.3 is 15.3 Å². The number of nitrogens with one attached hydrogen (secondary N) is 1. The number of carbonyl (C=O) groups excluding carboxylic acids is 1. The number of hydrogen-bond donors (Lipinski definition) is 2. The number of carboxylic acid groups (broad SMARTS) is 1. The zero-order valence-corrected chi connectivity index (χ0v) is 14.2. The average molecular weight is 298 g/mol. The lowest BCUT2D eigenvalue weighted by Crippen LogP contribution is -2.62. The van der Waals surface area contributed by atoms with Crippen molar-refractivity contribution in [1.29, 1.82) is 0 Å². The summed E-state index contributed by atoms with van der Waals surface area (Å²) in [6.45, 7) is 12.5. The van der Waals surface area contributed by atoms with E-state index >= 15 is 0 Å². The third kappa shape index (κ3) is 4.61. The first-order valence-electron chi connectivity index (χ1n) is 7.71. The van der Waals surface area contributed by atoms with Crippen molar-refractivity contribution in [3.63, 3.8) is 0 Å². The first-order chi connectivity index (χ1) is 9.37. The Kier molecular flexibility index (Phi) is 4.96. The summed E-state index contributed by atoms with van der Waals surface area (Å²) in [6, 6.07) is -0.270. The molecule has 5 nitrogen and oxygen atoms in total. The molecule has 21 heavy (non-hydrogen) atoms. The Morgan fingerprint density at radius 3 is 2.24 bits per heavy atom. The lowest BCUT2D eigenvalue weighted by molar-refractivity contribution is -0.150. The van der Waals surface area contributed by atoms with E-state index in [1.54, 1.807) is 6.92 Å². The van der Waals surface area contributed by atoms with Crippen LogP contribution in [0.5, 0.6) is 0 Å². The molecule has 0 radical (unpaired) electrons. The second-order valence-corrected chi connectivity index (χ2v) is 8.24. The lowest BCUT2D eigenvalue weighted by Gasteiger charge is -2.43. The fourth-order valence-corrected chi connectivity index (χ4v) is 3.40. The summed E-state index contributed by atoms with van der Waals surface area (Å²) in [5, 5.41) is 12.5. The molecular formula is C16H30N2O3. The normalized spacial score (nSPS) is 23.8. The minimum Gasteiger partial charge on any atom is -0.480 e. The quantitative estimate of drug-likeness (QED) is 0.840. The summed E-state index contributed by atoms with van der Waals surface area (Å²) in [5.74, 6) is -0.925. The molecule has 122 valence electrons. The molecule has 1 saturated heterocycles. The molecular weight excluding hydrogens is 268 g/mol. The monoisotopic (exact) mass is 298 g/mol. The number of piperidine rings is 1. The topological polar surface area (TPSA) is 69.6 Å². The van der Waals surface area contributed by atoms with Crippen LogP contribution < -0.4 is 5.32 Å². The van der Waals surface area contributed by atoms with Crippen LogP contribution in [-0.4, -0.2) is 39.6 Å². The van der Waals surface area contributed by atoms with Crippen LogP contribution in [0, 0.1) is 5.41 Å². The van der Waals surface area contributed by atoms with Gasteiger partial charge in [0.2, 0.25) is 0 Å². The summed E-state index contributed by atoms with van der Waals surface area (Å²) in [5.41, 5.74) is -1.37. The van der Waals surface area contributed by atoms with E-state index in [9.17, 15) is 14.7 Å². The molecule has 1 aliphatic heterocycles. The Morgan fingerprint density at radius 2 is 1.76 bits per heavy atom. The molecule has 0 spiro atoms. The van der Waals surface area contributed by atoms with Crippen molar-refractivity contribution in [1.82, 2.24) is 10.2 Å². The molecule has 0 bridgehead atoms. The Balaban J connectivity index is 2.84. The van der Waals surface area contributed by atoms with Crippen LogP contribution >= 0.6 is 0 Å². The van der Waals surface area contributed by atoms with Crippen molar-refractivity contribution in [2.45, 2.75) is 78.3 Å².